The number of fused-ring (bicyclic) bond motifs is 1. The fraction of sp³-hybridized carbons (Fsp3) is 0.263. The third-order valence-electron chi connectivity index (χ3n) is 4.17. The van der Waals surface area contributed by atoms with Gasteiger partial charge < -0.3 is 9.72 Å². The van der Waals surface area contributed by atoms with Crippen molar-refractivity contribution in [2.75, 3.05) is 7.11 Å². The molecule has 0 saturated carbocycles. The smallest absolute Gasteiger partial charge is 0.124 e. The number of aromatic amines is 1. The molecule has 3 aromatic rings. The fourth-order valence-electron chi connectivity index (χ4n) is 3.15. The van der Waals surface area contributed by atoms with Gasteiger partial charge >= 0.3 is 0 Å². The molecule has 21 heavy (non-hydrogen) atoms. The van der Waals surface area contributed by atoms with E-state index < -0.39 is 0 Å². The number of H-pyrrole nitrogens is 1. The van der Waals surface area contributed by atoms with Gasteiger partial charge in [0.1, 0.15) is 5.75 Å². The first-order chi connectivity index (χ1) is 10.0. The number of hydrogen-bond donors (Lipinski definition) is 1. The zero-order chi connectivity index (χ0) is 15.1. The number of benzene rings is 2. The van der Waals surface area contributed by atoms with Crippen molar-refractivity contribution in [2.45, 2.75) is 27.7 Å². The molecule has 0 saturated heterocycles. The minimum absolute atomic E-state index is 0.975. The molecule has 0 fully saturated rings. The highest BCUT2D eigenvalue weighted by molar-refractivity contribution is 5.91. The summed E-state index contributed by atoms with van der Waals surface area (Å²) >= 11 is 0. The van der Waals surface area contributed by atoms with Crippen LogP contribution in [0.15, 0.2) is 30.3 Å². The summed E-state index contributed by atoms with van der Waals surface area (Å²) in [7, 11) is 1.73. The number of methoxy groups -OCH3 is 1. The predicted molar refractivity (Wildman–Crippen MR) is 89.2 cm³/mol. The van der Waals surface area contributed by atoms with E-state index in [0.717, 1.165) is 5.75 Å². The molecule has 1 aromatic heterocycles. The minimum Gasteiger partial charge on any atom is -0.496 e. The molecule has 0 radical (unpaired) electrons. The second kappa shape index (κ2) is 4.96. The number of nitrogens with one attached hydrogen (secondary N) is 1. The van der Waals surface area contributed by atoms with Gasteiger partial charge in [-0.3, -0.25) is 0 Å². The van der Waals surface area contributed by atoms with Crippen molar-refractivity contribution in [1.82, 2.24) is 4.98 Å². The fourth-order valence-corrected chi connectivity index (χ4v) is 3.15. The third-order valence-corrected chi connectivity index (χ3v) is 4.17. The number of ether oxygens (including phenoxy) is 1. The Morgan fingerprint density at radius 3 is 2.19 bits per heavy atom. The molecule has 0 bridgehead atoms. The summed E-state index contributed by atoms with van der Waals surface area (Å²) < 4.78 is 5.46. The lowest BCUT2D eigenvalue weighted by Gasteiger charge is -2.11. The van der Waals surface area contributed by atoms with Gasteiger partial charge in [0.2, 0.25) is 0 Å². The van der Waals surface area contributed by atoms with E-state index in [1.807, 2.05) is 0 Å². The summed E-state index contributed by atoms with van der Waals surface area (Å²) in [4.78, 5) is 3.56. The average Bonchev–Trinajstić information content (AvgIpc) is 2.76. The first-order valence-electron chi connectivity index (χ1n) is 7.26. The van der Waals surface area contributed by atoms with Crippen LogP contribution in [-0.2, 0) is 0 Å². The van der Waals surface area contributed by atoms with E-state index >= 15 is 0 Å². The topological polar surface area (TPSA) is 25.0 Å². The Kier molecular flexibility index (Phi) is 3.25. The summed E-state index contributed by atoms with van der Waals surface area (Å²) in [5, 5.41) is 1.30. The van der Waals surface area contributed by atoms with Gasteiger partial charge in [0.25, 0.3) is 0 Å². The van der Waals surface area contributed by atoms with E-state index in [2.05, 4.69) is 63.0 Å². The first-order valence-corrected chi connectivity index (χ1v) is 7.26. The van der Waals surface area contributed by atoms with Gasteiger partial charge in [-0.25, -0.2) is 0 Å². The summed E-state index contributed by atoms with van der Waals surface area (Å²) in [6.45, 7) is 8.50. The van der Waals surface area contributed by atoms with Crippen LogP contribution in [0.5, 0.6) is 5.75 Å². The third kappa shape index (κ3) is 2.21. The normalized spacial score (nSPS) is 11.1. The van der Waals surface area contributed by atoms with Crippen LogP contribution in [0.2, 0.25) is 0 Å². The zero-order valence-electron chi connectivity index (χ0n) is 13.3. The van der Waals surface area contributed by atoms with Crippen molar-refractivity contribution in [3.8, 4) is 17.0 Å². The Morgan fingerprint density at radius 1 is 0.905 bits per heavy atom. The van der Waals surface area contributed by atoms with E-state index in [9.17, 15) is 0 Å². The van der Waals surface area contributed by atoms with Gasteiger partial charge in [-0.1, -0.05) is 11.6 Å². The highest BCUT2D eigenvalue weighted by atomic mass is 16.5. The molecule has 1 heterocycles. The van der Waals surface area contributed by atoms with Crippen LogP contribution in [0.25, 0.3) is 22.2 Å². The highest BCUT2D eigenvalue weighted by Crippen LogP contribution is 2.34. The molecule has 0 spiro atoms. The maximum atomic E-state index is 5.46. The van der Waals surface area contributed by atoms with Crippen molar-refractivity contribution in [2.24, 2.45) is 0 Å². The van der Waals surface area contributed by atoms with Crippen molar-refractivity contribution >= 4 is 10.9 Å². The molecule has 2 heteroatoms. The summed E-state index contributed by atoms with van der Waals surface area (Å²) in [6.07, 6.45) is 0. The van der Waals surface area contributed by atoms with Crippen molar-refractivity contribution < 1.29 is 4.74 Å². The Bertz CT molecular complexity index is 804. The van der Waals surface area contributed by atoms with E-state index in [4.69, 9.17) is 4.74 Å². The van der Waals surface area contributed by atoms with Crippen LogP contribution in [0.4, 0.5) is 0 Å². The van der Waals surface area contributed by atoms with E-state index in [1.54, 1.807) is 7.11 Å². The van der Waals surface area contributed by atoms with Crippen LogP contribution in [-0.4, -0.2) is 12.1 Å². The monoisotopic (exact) mass is 279 g/mol. The van der Waals surface area contributed by atoms with E-state index in [-0.39, 0.29) is 0 Å². The number of rotatable bonds is 2. The lowest BCUT2D eigenvalue weighted by molar-refractivity contribution is 0.408. The van der Waals surface area contributed by atoms with E-state index in [1.165, 1.54) is 44.4 Å². The largest absolute Gasteiger partial charge is 0.496 e. The first kappa shape index (κ1) is 13.7. The van der Waals surface area contributed by atoms with Crippen LogP contribution >= 0.6 is 0 Å². The SMILES string of the molecule is COc1c(C)cc(-c2[nH]c3ccc(C)cc3c2C)cc1C. The molecule has 3 rings (SSSR count). The Labute approximate surface area is 125 Å². The van der Waals surface area contributed by atoms with Gasteiger partial charge in [0.05, 0.1) is 7.11 Å². The number of hydrogen-bond acceptors (Lipinski definition) is 1. The van der Waals surface area contributed by atoms with Crippen molar-refractivity contribution in [3.63, 3.8) is 0 Å². The zero-order valence-corrected chi connectivity index (χ0v) is 13.3. The Morgan fingerprint density at radius 2 is 1.57 bits per heavy atom. The number of aromatic nitrogens is 1. The lowest BCUT2D eigenvalue weighted by atomic mass is 10.0. The molecule has 2 aromatic carbocycles. The van der Waals surface area contributed by atoms with Crippen LogP contribution in [0, 0.1) is 27.7 Å². The minimum atomic E-state index is 0.975. The molecule has 0 aliphatic carbocycles. The van der Waals surface area contributed by atoms with Gasteiger partial charge in [0.15, 0.2) is 0 Å². The van der Waals surface area contributed by atoms with Gasteiger partial charge in [-0.05, 0) is 74.2 Å². The summed E-state index contributed by atoms with van der Waals surface area (Å²) in [5.41, 5.74) is 8.54. The molecule has 1 N–H and O–H groups in total. The second-order valence-electron chi connectivity index (χ2n) is 5.82. The molecular weight excluding hydrogens is 258 g/mol. The summed E-state index contributed by atoms with van der Waals surface area (Å²) in [5.74, 6) is 0.975. The number of aryl methyl sites for hydroxylation is 4. The lowest BCUT2D eigenvalue weighted by Crippen LogP contribution is -1.92. The summed E-state index contributed by atoms with van der Waals surface area (Å²) in [6, 6.07) is 10.9. The molecule has 2 nitrogen and oxygen atoms in total. The van der Waals surface area contributed by atoms with E-state index in [0.29, 0.717) is 0 Å². The van der Waals surface area contributed by atoms with Gasteiger partial charge in [-0.2, -0.15) is 0 Å². The standard InChI is InChI=1S/C19H21NO/c1-11-6-7-17-16(8-11)14(4)18(20-17)15-9-12(2)19(21-5)13(3)10-15/h6-10,20H,1-5H3. The Balaban J connectivity index is 2.23. The van der Waals surface area contributed by atoms with Gasteiger partial charge in [-0.15, -0.1) is 0 Å². The molecule has 0 atom stereocenters. The van der Waals surface area contributed by atoms with Crippen LogP contribution in [0.1, 0.15) is 22.3 Å². The second-order valence-corrected chi connectivity index (χ2v) is 5.82. The molecule has 0 unspecified atom stereocenters. The molecule has 0 amide bonds. The highest BCUT2D eigenvalue weighted by Gasteiger charge is 2.12. The molecular formula is C19H21NO. The maximum Gasteiger partial charge on any atom is 0.124 e. The van der Waals surface area contributed by atoms with Crippen LogP contribution < -0.4 is 4.74 Å². The van der Waals surface area contributed by atoms with Gasteiger partial charge in [0, 0.05) is 16.6 Å². The molecule has 108 valence electrons. The Hall–Kier alpha value is -2.22. The maximum absolute atomic E-state index is 5.46. The van der Waals surface area contributed by atoms with Crippen molar-refractivity contribution in [3.05, 3.63) is 52.6 Å². The molecule has 0 aliphatic heterocycles. The van der Waals surface area contributed by atoms with Crippen molar-refractivity contribution in [1.29, 1.82) is 0 Å². The quantitative estimate of drug-likeness (QED) is 0.695. The molecule has 0 aliphatic rings. The predicted octanol–water partition coefficient (Wildman–Crippen LogP) is 5.08. The average molecular weight is 279 g/mol. The van der Waals surface area contributed by atoms with Crippen LogP contribution in [0.3, 0.4) is 0 Å².